The lowest BCUT2D eigenvalue weighted by molar-refractivity contribution is -0.144. The second kappa shape index (κ2) is 9.32. The Morgan fingerprint density at radius 3 is 2.64 bits per heavy atom. The number of hydrogen-bond donors (Lipinski definition) is 1. The Labute approximate surface area is 127 Å². The minimum atomic E-state index is -0.503. The molecule has 1 heterocycles. The number of unbranched alkanes of at least 4 members (excludes halogenated alkanes) is 1. The molecule has 0 aliphatic heterocycles. The molecule has 1 aromatic rings. The van der Waals surface area contributed by atoms with Crippen LogP contribution in [0.15, 0.2) is 29.7 Å². The van der Waals surface area contributed by atoms with Crippen molar-refractivity contribution in [3.8, 4) is 0 Å². The first-order valence-corrected chi connectivity index (χ1v) is 6.80. The summed E-state index contributed by atoms with van der Waals surface area (Å²) in [5.41, 5.74) is 4.86. The van der Waals surface area contributed by atoms with Crippen LogP contribution in [0, 0.1) is 0 Å². The molecule has 0 aromatic carbocycles. The van der Waals surface area contributed by atoms with Crippen molar-refractivity contribution in [2.75, 3.05) is 18.9 Å². The summed E-state index contributed by atoms with van der Waals surface area (Å²) in [5.74, 6) is -0.743. The van der Waals surface area contributed by atoms with Gasteiger partial charge in [0.15, 0.2) is 0 Å². The van der Waals surface area contributed by atoms with Gasteiger partial charge < -0.3 is 15.2 Å². The van der Waals surface area contributed by atoms with Gasteiger partial charge in [-0.25, -0.2) is 9.59 Å². The average molecular weight is 309 g/mol. The van der Waals surface area contributed by atoms with Gasteiger partial charge in [-0.05, 0) is 18.9 Å². The quantitative estimate of drug-likeness (QED) is 0.395. The predicted octanol–water partition coefficient (Wildman–Crippen LogP) is 0.268. The standard InChI is InChI=1S/C14H19N3O5/c1-2-12(18)21-9-3-4-10-22-13(19)6-8-17-7-5-11(15)16-14(17)20/h2,5,7H,1,3-4,6,8-10H2,(H2,15,16,20). The molecule has 0 saturated heterocycles. The largest absolute Gasteiger partial charge is 0.466 e. The molecule has 0 radical (unpaired) electrons. The van der Waals surface area contributed by atoms with Crippen molar-refractivity contribution < 1.29 is 19.1 Å². The first-order valence-electron chi connectivity index (χ1n) is 6.80. The highest BCUT2D eigenvalue weighted by molar-refractivity contribution is 5.81. The second-order valence-electron chi connectivity index (χ2n) is 4.38. The number of rotatable bonds is 9. The highest BCUT2D eigenvalue weighted by atomic mass is 16.5. The van der Waals surface area contributed by atoms with Gasteiger partial charge in [0.1, 0.15) is 5.82 Å². The van der Waals surface area contributed by atoms with Crippen LogP contribution in [0.25, 0.3) is 0 Å². The minimum absolute atomic E-state index is 0.0664. The van der Waals surface area contributed by atoms with Crippen molar-refractivity contribution >= 4 is 17.8 Å². The molecule has 0 bridgehead atoms. The van der Waals surface area contributed by atoms with E-state index in [-0.39, 0.29) is 32.0 Å². The van der Waals surface area contributed by atoms with E-state index in [1.54, 1.807) is 0 Å². The van der Waals surface area contributed by atoms with Gasteiger partial charge in [-0.3, -0.25) is 9.36 Å². The third-order valence-electron chi connectivity index (χ3n) is 2.67. The van der Waals surface area contributed by atoms with Crippen molar-refractivity contribution in [2.24, 2.45) is 0 Å². The predicted molar refractivity (Wildman–Crippen MR) is 78.9 cm³/mol. The summed E-state index contributed by atoms with van der Waals surface area (Å²) in [7, 11) is 0. The Morgan fingerprint density at radius 1 is 1.32 bits per heavy atom. The van der Waals surface area contributed by atoms with Gasteiger partial charge in [0.25, 0.3) is 0 Å². The number of carbonyl (C=O) groups is 2. The Hall–Kier alpha value is -2.64. The van der Waals surface area contributed by atoms with Crippen LogP contribution in [0.2, 0.25) is 0 Å². The summed E-state index contributed by atoms with van der Waals surface area (Å²) in [5, 5.41) is 0. The number of aromatic nitrogens is 2. The molecule has 0 amide bonds. The number of esters is 2. The maximum Gasteiger partial charge on any atom is 0.349 e. The summed E-state index contributed by atoms with van der Waals surface area (Å²) < 4.78 is 11.1. The van der Waals surface area contributed by atoms with Crippen LogP contribution in [0.1, 0.15) is 19.3 Å². The lowest BCUT2D eigenvalue weighted by atomic mass is 10.3. The Balaban J connectivity index is 2.15. The van der Waals surface area contributed by atoms with Gasteiger partial charge in [0.05, 0.1) is 19.6 Å². The molecule has 0 saturated carbocycles. The monoisotopic (exact) mass is 309 g/mol. The van der Waals surface area contributed by atoms with E-state index in [0.29, 0.717) is 12.8 Å². The topological polar surface area (TPSA) is 114 Å². The maximum absolute atomic E-state index is 11.5. The Morgan fingerprint density at radius 2 is 2.00 bits per heavy atom. The van der Waals surface area contributed by atoms with E-state index in [9.17, 15) is 14.4 Å². The van der Waals surface area contributed by atoms with E-state index >= 15 is 0 Å². The molecule has 22 heavy (non-hydrogen) atoms. The SMILES string of the molecule is C=CC(=O)OCCCCOC(=O)CCn1ccc(N)nc1=O. The van der Waals surface area contributed by atoms with E-state index in [4.69, 9.17) is 15.2 Å². The van der Waals surface area contributed by atoms with Crippen LogP contribution in [-0.4, -0.2) is 34.7 Å². The van der Waals surface area contributed by atoms with Crippen molar-refractivity contribution in [1.82, 2.24) is 9.55 Å². The third-order valence-corrected chi connectivity index (χ3v) is 2.67. The number of hydrogen-bond acceptors (Lipinski definition) is 7. The third kappa shape index (κ3) is 6.69. The smallest absolute Gasteiger partial charge is 0.349 e. The van der Waals surface area contributed by atoms with Crippen molar-refractivity contribution in [1.29, 1.82) is 0 Å². The minimum Gasteiger partial charge on any atom is -0.466 e. The fourth-order valence-electron chi connectivity index (χ4n) is 1.52. The van der Waals surface area contributed by atoms with Gasteiger partial charge in [0.2, 0.25) is 0 Å². The molecule has 120 valence electrons. The van der Waals surface area contributed by atoms with E-state index in [1.807, 2.05) is 0 Å². The van der Waals surface area contributed by atoms with E-state index < -0.39 is 17.6 Å². The summed E-state index contributed by atoms with van der Waals surface area (Å²) >= 11 is 0. The summed E-state index contributed by atoms with van der Waals surface area (Å²) in [6.07, 6.45) is 3.81. The van der Waals surface area contributed by atoms with Crippen LogP contribution in [0.5, 0.6) is 0 Å². The molecule has 0 aliphatic rings. The van der Waals surface area contributed by atoms with Gasteiger partial charge in [-0.15, -0.1) is 0 Å². The number of nitrogens with two attached hydrogens (primary N) is 1. The number of aryl methyl sites for hydroxylation is 1. The van der Waals surface area contributed by atoms with E-state index in [0.717, 1.165) is 6.08 Å². The lowest BCUT2D eigenvalue weighted by Gasteiger charge is -2.06. The van der Waals surface area contributed by atoms with Gasteiger partial charge in [-0.1, -0.05) is 6.58 Å². The average Bonchev–Trinajstić information content (AvgIpc) is 2.49. The normalized spacial score (nSPS) is 10.0. The highest BCUT2D eigenvalue weighted by Gasteiger charge is 2.05. The van der Waals surface area contributed by atoms with Crippen molar-refractivity contribution in [2.45, 2.75) is 25.8 Å². The van der Waals surface area contributed by atoms with Gasteiger partial charge in [-0.2, -0.15) is 4.98 Å². The summed E-state index contributed by atoms with van der Waals surface area (Å²) in [6.45, 7) is 3.95. The first kappa shape index (κ1) is 17.4. The number of carbonyl (C=O) groups excluding carboxylic acids is 2. The van der Waals surface area contributed by atoms with Crippen molar-refractivity contribution in [3.05, 3.63) is 35.4 Å². The maximum atomic E-state index is 11.5. The number of nitrogens with zero attached hydrogens (tertiary/aromatic N) is 2. The molecule has 1 aromatic heterocycles. The number of ether oxygens (including phenoxy) is 2. The fraction of sp³-hybridized carbons (Fsp3) is 0.429. The second-order valence-corrected chi connectivity index (χ2v) is 4.38. The Kier molecular flexibility index (Phi) is 7.38. The van der Waals surface area contributed by atoms with Crippen LogP contribution >= 0.6 is 0 Å². The molecule has 2 N–H and O–H groups in total. The zero-order chi connectivity index (χ0) is 16.4. The molecule has 0 aliphatic carbocycles. The molecule has 8 nitrogen and oxygen atoms in total. The van der Waals surface area contributed by atoms with Crippen LogP contribution in [0.3, 0.4) is 0 Å². The Bertz CT molecular complexity index is 582. The summed E-state index contributed by atoms with van der Waals surface area (Å²) in [6, 6.07) is 1.48. The fourth-order valence-corrected chi connectivity index (χ4v) is 1.52. The molecular formula is C14H19N3O5. The van der Waals surface area contributed by atoms with Crippen LogP contribution < -0.4 is 11.4 Å². The lowest BCUT2D eigenvalue weighted by Crippen LogP contribution is -2.24. The molecule has 8 heteroatoms. The zero-order valence-electron chi connectivity index (χ0n) is 12.2. The molecule has 1 rings (SSSR count). The van der Waals surface area contributed by atoms with Crippen molar-refractivity contribution in [3.63, 3.8) is 0 Å². The molecule has 0 atom stereocenters. The van der Waals surface area contributed by atoms with E-state index in [2.05, 4.69) is 11.6 Å². The van der Waals surface area contributed by atoms with Crippen LogP contribution in [-0.2, 0) is 25.6 Å². The van der Waals surface area contributed by atoms with E-state index in [1.165, 1.54) is 16.8 Å². The van der Waals surface area contributed by atoms with Gasteiger partial charge >= 0.3 is 17.6 Å². The molecular weight excluding hydrogens is 290 g/mol. The zero-order valence-corrected chi connectivity index (χ0v) is 12.2. The highest BCUT2D eigenvalue weighted by Crippen LogP contribution is 1.97. The van der Waals surface area contributed by atoms with Crippen LogP contribution in [0.4, 0.5) is 5.82 Å². The number of nitrogen functional groups attached to an aromatic ring is 1. The molecule has 0 spiro atoms. The molecule has 0 unspecified atom stereocenters. The molecule has 0 fully saturated rings. The number of anilines is 1. The van der Waals surface area contributed by atoms with Gasteiger partial charge in [0, 0.05) is 18.8 Å². The summed E-state index contributed by atoms with van der Waals surface area (Å²) in [4.78, 5) is 37.2. The first-order chi connectivity index (χ1) is 10.5.